The Morgan fingerprint density at radius 1 is 1.26 bits per heavy atom. The van der Waals surface area contributed by atoms with Crippen LogP contribution in [0.15, 0.2) is 18.2 Å². The monoisotopic (exact) mass is 358 g/mol. The van der Waals surface area contributed by atoms with Crippen LogP contribution in [-0.4, -0.2) is 47.8 Å². The number of nitrogens with zero attached hydrogens (tertiary/aromatic N) is 2. The number of halogens is 2. The minimum Gasteiger partial charge on any atom is -0.461 e. The predicted octanol–water partition coefficient (Wildman–Crippen LogP) is 2.71. The molecule has 1 aliphatic rings. The van der Waals surface area contributed by atoms with Crippen molar-refractivity contribution in [2.45, 2.75) is 19.4 Å². The molecule has 1 saturated heterocycles. The van der Waals surface area contributed by atoms with Gasteiger partial charge in [0.1, 0.15) is 13.2 Å². The van der Waals surface area contributed by atoms with Crippen molar-refractivity contribution in [3.63, 3.8) is 0 Å². The molecule has 0 aromatic heterocycles. The van der Waals surface area contributed by atoms with E-state index in [1.165, 1.54) is 4.90 Å². The molecule has 0 saturated carbocycles. The summed E-state index contributed by atoms with van der Waals surface area (Å²) in [4.78, 5) is 37.4. The van der Waals surface area contributed by atoms with Gasteiger partial charge in [-0.3, -0.25) is 14.5 Å². The second kappa shape index (κ2) is 7.66. The topological polar surface area (TPSA) is 66.9 Å². The lowest BCUT2D eigenvalue weighted by atomic mass is 10.2. The molecule has 23 heavy (non-hydrogen) atoms. The number of urea groups is 1. The van der Waals surface area contributed by atoms with Gasteiger partial charge in [-0.25, -0.2) is 4.79 Å². The van der Waals surface area contributed by atoms with Gasteiger partial charge in [0.05, 0.1) is 0 Å². The Hall–Kier alpha value is -1.79. The van der Waals surface area contributed by atoms with E-state index >= 15 is 0 Å². The van der Waals surface area contributed by atoms with Gasteiger partial charge in [-0.1, -0.05) is 29.3 Å². The third kappa shape index (κ3) is 4.36. The number of likely N-dealkylation sites (N-methyl/N-ethyl adjacent to an activating group) is 1. The highest BCUT2D eigenvalue weighted by atomic mass is 35.5. The van der Waals surface area contributed by atoms with Crippen LogP contribution in [0.1, 0.15) is 18.4 Å². The summed E-state index contributed by atoms with van der Waals surface area (Å²) in [6, 6.07) is 4.69. The van der Waals surface area contributed by atoms with Crippen LogP contribution < -0.4 is 0 Å². The maximum atomic E-state index is 11.7. The molecule has 1 aromatic rings. The largest absolute Gasteiger partial charge is 0.461 e. The zero-order valence-electron chi connectivity index (χ0n) is 12.6. The van der Waals surface area contributed by atoms with Gasteiger partial charge < -0.3 is 9.64 Å². The summed E-state index contributed by atoms with van der Waals surface area (Å²) in [5, 5.41) is 0.864. The number of rotatable bonds is 6. The molecule has 8 heteroatoms. The Morgan fingerprint density at radius 3 is 2.48 bits per heavy atom. The van der Waals surface area contributed by atoms with E-state index in [9.17, 15) is 14.4 Å². The second-order valence-electron chi connectivity index (χ2n) is 5.15. The molecule has 3 amide bonds. The van der Waals surface area contributed by atoms with Crippen LogP contribution in [0.3, 0.4) is 0 Å². The van der Waals surface area contributed by atoms with E-state index < -0.39 is 5.97 Å². The van der Waals surface area contributed by atoms with Crippen LogP contribution in [0.25, 0.3) is 0 Å². The average molecular weight is 359 g/mol. The molecule has 0 unspecified atom stereocenters. The van der Waals surface area contributed by atoms with Crippen LogP contribution in [0.4, 0.5) is 4.79 Å². The maximum absolute atomic E-state index is 11.7. The number of imide groups is 1. The van der Waals surface area contributed by atoms with Gasteiger partial charge in [-0.15, -0.1) is 0 Å². The number of ether oxygens (including phenoxy) is 1. The number of benzene rings is 1. The molecule has 6 nitrogen and oxygen atoms in total. The molecule has 0 atom stereocenters. The van der Waals surface area contributed by atoms with Crippen molar-refractivity contribution >= 4 is 41.1 Å². The molecular weight excluding hydrogens is 343 g/mol. The average Bonchev–Trinajstić information content (AvgIpc) is 2.73. The molecule has 0 N–H and O–H groups in total. The molecule has 1 aliphatic heterocycles. The number of carbonyl (C=O) groups excluding carboxylic acids is 3. The summed E-state index contributed by atoms with van der Waals surface area (Å²) in [5.41, 5.74) is 0.552. The first kappa shape index (κ1) is 17.6. The van der Waals surface area contributed by atoms with Crippen LogP contribution in [0, 0.1) is 0 Å². The van der Waals surface area contributed by atoms with Crippen LogP contribution >= 0.6 is 23.2 Å². The lowest BCUT2D eigenvalue weighted by molar-refractivity contribution is -0.145. The third-order valence-corrected chi connectivity index (χ3v) is 4.14. The Morgan fingerprint density at radius 2 is 1.91 bits per heavy atom. The molecule has 1 aromatic carbocycles. The highest BCUT2D eigenvalue weighted by Gasteiger charge is 2.32. The Bertz CT molecular complexity index is 616. The summed E-state index contributed by atoms with van der Waals surface area (Å²) in [7, 11) is 1.56. The molecule has 2 rings (SSSR count). The molecule has 124 valence electrons. The SMILES string of the molecule is CN1CC(=O)N(CCCC(=O)OCc2c(Cl)cccc2Cl)C1=O. The van der Waals surface area contributed by atoms with Crippen molar-refractivity contribution < 1.29 is 19.1 Å². The Balaban J connectivity index is 1.76. The van der Waals surface area contributed by atoms with Gasteiger partial charge in [0.15, 0.2) is 0 Å². The van der Waals surface area contributed by atoms with Crippen molar-refractivity contribution in [2.24, 2.45) is 0 Å². The van der Waals surface area contributed by atoms with Crippen LogP contribution in [0.2, 0.25) is 10.0 Å². The van der Waals surface area contributed by atoms with Gasteiger partial charge >= 0.3 is 12.0 Å². The summed E-state index contributed by atoms with van der Waals surface area (Å²) >= 11 is 12.0. The van der Waals surface area contributed by atoms with E-state index in [1.54, 1.807) is 25.2 Å². The lowest BCUT2D eigenvalue weighted by Crippen LogP contribution is -2.32. The van der Waals surface area contributed by atoms with E-state index in [0.717, 1.165) is 4.90 Å². The van der Waals surface area contributed by atoms with Crippen LogP contribution in [-0.2, 0) is 20.9 Å². The van der Waals surface area contributed by atoms with E-state index in [1.807, 2.05) is 0 Å². The van der Waals surface area contributed by atoms with E-state index in [2.05, 4.69) is 0 Å². The Labute approximate surface area is 143 Å². The standard InChI is InChI=1S/C15H16Cl2N2O4/c1-18-8-13(20)19(15(18)22)7-3-6-14(21)23-9-10-11(16)4-2-5-12(10)17/h2,4-5H,3,6-9H2,1H3. The number of hydrogen-bond acceptors (Lipinski definition) is 4. The third-order valence-electron chi connectivity index (χ3n) is 3.43. The first-order chi connectivity index (χ1) is 10.9. The zero-order chi connectivity index (χ0) is 17.0. The quantitative estimate of drug-likeness (QED) is 0.579. The fraction of sp³-hybridized carbons (Fsp3) is 0.400. The molecule has 0 radical (unpaired) electrons. The predicted molar refractivity (Wildman–Crippen MR) is 85.2 cm³/mol. The first-order valence-electron chi connectivity index (χ1n) is 7.04. The van der Waals surface area contributed by atoms with Gasteiger partial charge in [0.25, 0.3) is 0 Å². The summed E-state index contributed by atoms with van der Waals surface area (Å²) in [5.74, 6) is -0.692. The maximum Gasteiger partial charge on any atom is 0.326 e. The van der Waals surface area contributed by atoms with Crippen molar-refractivity contribution in [2.75, 3.05) is 20.1 Å². The number of hydrogen-bond donors (Lipinski definition) is 0. The number of carbonyl (C=O) groups is 3. The zero-order valence-corrected chi connectivity index (χ0v) is 14.1. The minimum atomic E-state index is -0.437. The van der Waals surface area contributed by atoms with E-state index in [-0.39, 0.29) is 38.1 Å². The molecule has 0 aliphatic carbocycles. The molecule has 1 heterocycles. The smallest absolute Gasteiger partial charge is 0.326 e. The van der Waals surface area contributed by atoms with Gasteiger partial charge in [-0.05, 0) is 18.6 Å². The van der Waals surface area contributed by atoms with Crippen molar-refractivity contribution in [3.8, 4) is 0 Å². The molecule has 0 bridgehead atoms. The normalized spacial score (nSPS) is 14.6. The van der Waals surface area contributed by atoms with Crippen molar-refractivity contribution in [1.29, 1.82) is 0 Å². The molecule has 1 fully saturated rings. The molecular formula is C15H16Cl2N2O4. The van der Waals surface area contributed by atoms with Crippen molar-refractivity contribution in [3.05, 3.63) is 33.8 Å². The number of esters is 1. The highest BCUT2D eigenvalue weighted by Crippen LogP contribution is 2.25. The number of amides is 3. The van der Waals surface area contributed by atoms with Gasteiger partial charge in [0, 0.05) is 35.6 Å². The van der Waals surface area contributed by atoms with Crippen LogP contribution in [0.5, 0.6) is 0 Å². The van der Waals surface area contributed by atoms with E-state index in [0.29, 0.717) is 22.0 Å². The highest BCUT2D eigenvalue weighted by molar-refractivity contribution is 6.35. The fourth-order valence-electron chi connectivity index (χ4n) is 2.17. The van der Waals surface area contributed by atoms with Crippen molar-refractivity contribution in [1.82, 2.24) is 9.80 Å². The van der Waals surface area contributed by atoms with Gasteiger partial charge in [-0.2, -0.15) is 0 Å². The fourth-order valence-corrected chi connectivity index (χ4v) is 2.67. The summed E-state index contributed by atoms with van der Waals surface area (Å²) < 4.78 is 5.12. The van der Waals surface area contributed by atoms with Gasteiger partial charge in [0.2, 0.25) is 5.91 Å². The Kier molecular flexibility index (Phi) is 5.85. The molecule has 0 spiro atoms. The summed E-state index contributed by atoms with van der Waals surface area (Å²) in [6.45, 7) is 0.264. The lowest BCUT2D eigenvalue weighted by Gasteiger charge is -2.13. The first-order valence-corrected chi connectivity index (χ1v) is 7.79. The summed E-state index contributed by atoms with van der Waals surface area (Å²) in [6.07, 6.45) is 0.448. The minimum absolute atomic E-state index is 0.0122. The second-order valence-corrected chi connectivity index (χ2v) is 5.96. The van der Waals surface area contributed by atoms with E-state index in [4.69, 9.17) is 27.9 Å².